The molecule has 0 aliphatic heterocycles. The molecule has 1 aromatic carbocycles. The van der Waals surface area contributed by atoms with Crippen molar-refractivity contribution in [2.24, 2.45) is 5.73 Å². The number of aromatic nitrogens is 1. The molecule has 1 aromatic heterocycles. The minimum absolute atomic E-state index is 0.470. The Morgan fingerprint density at radius 2 is 1.95 bits per heavy atom. The average molecular weight is 257 g/mol. The Bertz CT molecular complexity index is 514. The normalized spacial score (nSPS) is 10.4. The number of rotatable bonds is 6. The molecule has 19 heavy (non-hydrogen) atoms. The maximum atomic E-state index is 5.73. The van der Waals surface area contributed by atoms with Crippen LogP contribution in [0.5, 0.6) is 0 Å². The quantitative estimate of drug-likeness (QED) is 0.779. The summed E-state index contributed by atoms with van der Waals surface area (Å²) in [6.45, 7) is 1.83. The first-order valence-electron chi connectivity index (χ1n) is 6.33. The minimum Gasteiger partial charge on any atom is -0.383 e. The van der Waals surface area contributed by atoms with E-state index in [0.717, 1.165) is 29.2 Å². The van der Waals surface area contributed by atoms with Gasteiger partial charge in [0.05, 0.1) is 12.3 Å². The smallest absolute Gasteiger partial charge is 0.131 e. The Kier molecular flexibility index (Phi) is 4.89. The SMILES string of the molecule is COCCNc1nc(-c2ccccc2)ccc1CN. The van der Waals surface area contributed by atoms with Crippen LogP contribution in [0.2, 0.25) is 0 Å². The Labute approximate surface area is 113 Å². The summed E-state index contributed by atoms with van der Waals surface area (Å²) in [6.07, 6.45) is 0. The van der Waals surface area contributed by atoms with Gasteiger partial charge in [-0.2, -0.15) is 0 Å². The predicted octanol–water partition coefficient (Wildman–Crippen LogP) is 2.27. The van der Waals surface area contributed by atoms with E-state index in [1.54, 1.807) is 7.11 Å². The number of anilines is 1. The molecule has 0 atom stereocenters. The number of ether oxygens (including phenoxy) is 1. The van der Waals surface area contributed by atoms with Crippen LogP contribution >= 0.6 is 0 Å². The van der Waals surface area contributed by atoms with Crippen molar-refractivity contribution in [3.63, 3.8) is 0 Å². The molecule has 0 bridgehead atoms. The highest BCUT2D eigenvalue weighted by atomic mass is 16.5. The number of hydrogen-bond acceptors (Lipinski definition) is 4. The van der Waals surface area contributed by atoms with Crippen LogP contribution in [0.3, 0.4) is 0 Å². The second-order valence-corrected chi connectivity index (χ2v) is 4.19. The van der Waals surface area contributed by atoms with Crippen molar-refractivity contribution in [3.8, 4) is 11.3 Å². The van der Waals surface area contributed by atoms with Gasteiger partial charge >= 0.3 is 0 Å². The highest BCUT2D eigenvalue weighted by Gasteiger charge is 2.05. The fourth-order valence-corrected chi connectivity index (χ4v) is 1.85. The molecule has 0 aliphatic carbocycles. The number of benzene rings is 1. The summed E-state index contributed by atoms with van der Waals surface area (Å²) in [7, 11) is 1.68. The zero-order valence-electron chi connectivity index (χ0n) is 11.1. The van der Waals surface area contributed by atoms with Crippen LogP contribution in [0, 0.1) is 0 Å². The van der Waals surface area contributed by atoms with Gasteiger partial charge in [0.2, 0.25) is 0 Å². The van der Waals surface area contributed by atoms with Gasteiger partial charge in [-0.15, -0.1) is 0 Å². The summed E-state index contributed by atoms with van der Waals surface area (Å²) in [4.78, 5) is 4.64. The molecule has 3 N–H and O–H groups in total. The summed E-state index contributed by atoms with van der Waals surface area (Å²) in [5, 5.41) is 3.26. The third-order valence-corrected chi connectivity index (χ3v) is 2.87. The Morgan fingerprint density at radius 3 is 2.63 bits per heavy atom. The van der Waals surface area contributed by atoms with E-state index in [0.29, 0.717) is 13.2 Å². The van der Waals surface area contributed by atoms with Crippen LogP contribution < -0.4 is 11.1 Å². The van der Waals surface area contributed by atoms with Crippen molar-refractivity contribution >= 4 is 5.82 Å². The van der Waals surface area contributed by atoms with E-state index in [1.165, 1.54) is 0 Å². The third kappa shape index (κ3) is 3.53. The number of methoxy groups -OCH3 is 1. The monoisotopic (exact) mass is 257 g/mol. The summed E-state index contributed by atoms with van der Waals surface area (Å²) in [5.74, 6) is 0.834. The van der Waals surface area contributed by atoms with Gasteiger partial charge in [0.1, 0.15) is 5.82 Å². The van der Waals surface area contributed by atoms with E-state index in [9.17, 15) is 0 Å². The highest BCUT2D eigenvalue weighted by molar-refractivity contribution is 5.62. The Morgan fingerprint density at radius 1 is 1.16 bits per heavy atom. The van der Waals surface area contributed by atoms with Crippen LogP contribution in [0.4, 0.5) is 5.82 Å². The van der Waals surface area contributed by atoms with Crippen molar-refractivity contribution in [2.45, 2.75) is 6.54 Å². The van der Waals surface area contributed by atoms with Gasteiger partial charge in [0.25, 0.3) is 0 Å². The molecule has 1 heterocycles. The molecule has 0 saturated carbocycles. The van der Waals surface area contributed by atoms with Crippen molar-refractivity contribution < 1.29 is 4.74 Å². The molecule has 100 valence electrons. The van der Waals surface area contributed by atoms with Crippen LogP contribution in [0.25, 0.3) is 11.3 Å². The number of nitrogens with one attached hydrogen (secondary N) is 1. The van der Waals surface area contributed by atoms with E-state index < -0.39 is 0 Å². The molecular weight excluding hydrogens is 238 g/mol. The van der Waals surface area contributed by atoms with Gasteiger partial charge < -0.3 is 15.8 Å². The molecule has 0 amide bonds. The largest absolute Gasteiger partial charge is 0.383 e. The molecule has 0 unspecified atom stereocenters. The lowest BCUT2D eigenvalue weighted by Crippen LogP contribution is -2.12. The lowest BCUT2D eigenvalue weighted by atomic mass is 10.1. The maximum absolute atomic E-state index is 5.73. The first-order chi connectivity index (χ1) is 9.35. The zero-order valence-corrected chi connectivity index (χ0v) is 11.1. The topological polar surface area (TPSA) is 60.2 Å². The first kappa shape index (κ1) is 13.5. The first-order valence-corrected chi connectivity index (χ1v) is 6.33. The Hall–Kier alpha value is -1.91. The van der Waals surface area contributed by atoms with E-state index in [2.05, 4.69) is 10.3 Å². The Balaban J connectivity index is 2.25. The molecule has 4 nitrogen and oxygen atoms in total. The number of pyridine rings is 1. The van der Waals surface area contributed by atoms with Crippen molar-refractivity contribution in [2.75, 3.05) is 25.6 Å². The molecule has 0 radical (unpaired) electrons. The minimum atomic E-state index is 0.470. The molecule has 2 rings (SSSR count). The van der Waals surface area contributed by atoms with Gasteiger partial charge in [0, 0.05) is 31.3 Å². The van der Waals surface area contributed by atoms with Crippen molar-refractivity contribution in [1.29, 1.82) is 0 Å². The zero-order chi connectivity index (χ0) is 13.5. The molecule has 0 spiro atoms. The van der Waals surface area contributed by atoms with Crippen LogP contribution in [-0.4, -0.2) is 25.2 Å². The van der Waals surface area contributed by atoms with Gasteiger partial charge in [-0.05, 0) is 6.07 Å². The average Bonchev–Trinajstić information content (AvgIpc) is 2.48. The number of hydrogen-bond donors (Lipinski definition) is 2. The van der Waals surface area contributed by atoms with Gasteiger partial charge in [-0.3, -0.25) is 0 Å². The van der Waals surface area contributed by atoms with E-state index in [4.69, 9.17) is 10.5 Å². The van der Waals surface area contributed by atoms with Crippen molar-refractivity contribution in [1.82, 2.24) is 4.98 Å². The highest BCUT2D eigenvalue weighted by Crippen LogP contribution is 2.21. The molecular formula is C15H19N3O. The second-order valence-electron chi connectivity index (χ2n) is 4.19. The van der Waals surface area contributed by atoms with Crippen molar-refractivity contribution in [3.05, 3.63) is 48.0 Å². The summed E-state index contributed by atoms with van der Waals surface area (Å²) < 4.78 is 5.03. The molecule has 0 saturated heterocycles. The predicted molar refractivity (Wildman–Crippen MR) is 77.9 cm³/mol. The van der Waals surface area contributed by atoms with Gasteiger partial charge in [-0.1, -0.05) is 36.4 Å². The fraction of sp³-hybridized carbons (Fsp3) is 0.267. The third-order valence-electron chi connectivity index (χ3n) is 2.87. The number of nitrogens with zero attached hydrogens (tertiary/aromatic N) is 1. The molecule has 0 aliphatic rings. The lowest BCUT2D eigenvalue weighted by molar-refractivity contribution is 0.210. The molecule has 0 fully saturated rings. The molecule has 2 aromatic rings. The van der Waals surface area contributed by atoms with Crippen LogP contribution in [-0.2, 0) is 11.3 Å². The molecule has 4 heteroatoms. The van der Waals surface area contributed by atoms with Crippen LogP contribution in [0.15, 0.2) is 42.5 Å². The fourth-order valence-electron chi connectivity index (χ4n) is 1.85. The maximum Gasteiger partial charge on any atom is 0.131 e. The summed E-state index contributed by atoms with van der Waals surface area (Å²) >= 11 is 0. The summed E-state index contributed by atoms with van der Waals surface area (Å²) in [6, 6.07) is 14.1. The van der Waals surface area contributed by atoms with E-state index in [-0.39, 0.29) is 0 Å². The number of nitrogens with two attached hydrogens (primary N) is 1. The van der Waals surface area contributed by atoms with Crippen LogP contribution in [0.1, 0.15) is 5.56 Å². The van der Waals surface area contributed by atoms with E-state index >= 15 is 0 Å². The lowest BCUT2D eigenvalue weighted by Gasteiger charge is -2.11. The summed E-state index contributed by atoms with van der Waals surface area (Å²) in [5.41, 5.74) is 8.78. The second kappa shape index (κ2) is 6.87. The standard InChI is InChI=1S/C15H19N3O/c1-19-10-9-17-15-13(11-16)7-8-14(18-15)12-5-3-2-4-6-12/h2-8H,9-11,16H2,1H3,(H,17,18). The van der Waals surface area contributed by atoms with Gasteiger partial charge in [-0.25, -0.2) is 4.98 Å². The van der Waals surface area contributed by atoms with E-state index in [1.807, 2.05) is 42.5 Å². The van der Waals surface area contributed by atoms with Gasteiger partial charge in [0.15, 0.2) is 0 Å².